The van der Waals surface area contributed by atoms with Crippen LogP contribution in [0, 0.1) is 0 Å². The van der Waals surface area contributed by atoms with Gasteiger partial charge in [0.2, 0.25) is 10.0 Å². The highest BCUT2D eigenvalue weighted by atomic mass is 32.2. The molecule has 3 heterocycles. The number of imide groups is 1. The topological polar surface area (TPSA) is 133 Å². The summed E-state index contributed by atoms with van der Waals surface area (Å²) >= 11 is 0. The van der Waals surface area contributed by atoms with E-state index in [4.69, 9.17) is 4.74 Å². The molecular formula is C16H20N4O7S2. The zero-order valence-electron chi connectivity index (χ0n) is 15.4. The van der Waals surface area contributed by atoms with Gasteiger partial charge in [-0.2, -0.15) is 21.3 Å². The first-order valence-corrected chi connectivity index (χ1v) is 11.9. The van der Waals surface area contributed by atoms with Crippen LogP contribution in [0.4, 0.5) is 0 Å². The minimum Gasteiger partial charge on any atom is -0.379 e. The van der Waals surface area contributed by atoms with Crippen LogP contribution in [0.3, 0.4) is 0 Å². The zero-order chi connectivity index (χ0) is 20.8. The minimum absolute atomic E-state index is 0.00584. The van der Waals surface area contributed by atoms with E-state index >= 15 is 0 Å². The number of carbonyl (C=O) groups is 2. The molecule has 0 unspecified atom stereocenters. The monoisotopic (exact) mass is 444 g/mol. The average Bonchev–Trinajstić information content (AvgIpc) is 3.02. The van der Waals surface area contributed by atoms with Crippen molar-refractivity contribution in [1.29, 1.82) is 0 Å². The Hall–Kier alpha value is -1.90. The molecule has 158 valence electrons. The van der Waals surface area contributed by atoms with Gasteiger partial charge in [0.15, 0.2) is 0 Å². The quantitative estimate of drug-likeness (QED) is 0.556. The Morgan fingerprint density at radius 3 is 1.97 bits per heavy atom. The zero-order valence-corrected chi connectivity index (χ0v) is 17.0. The van der Waals surface area contributed by atoms with Gasteiger partial charge < -0.3 is 4.74 Å². The van der Waals surface area contributed by atoms with Crippen LogP contribution in [0.15, 0.2) is 23.1 Å². The fourth-order valence-corrected chi connectivity index (χ4v) is 6.55. The first kappa shape index (κ1) is 20.4. The number of carbonyl (C=O) groups excluding carboxylic acids is 2. The SMILES string of the molecule is O=C1NC(=O)c2cc(S(=O)(=O)N3CCN(S(=O)(=O)N4CCOCC4)CC3)ccc21. The number of piperazine rings is 1. The average molecular weight is 444 g/mol. The molecule has 0 aromatic heterocycles. The van der Waals surface area contributed by atoms with Crippen LogP contribution >= 0.6 is 0 Å². The van der Waals surface area contributed by atoms with E-state index in [1.54, 1.807) is 0 Å². The van der Waals surface area contributed by atoms with Gasteiger partial charge >= 0.3 is 0 Å². The molecule has 2 fully saturated rings. The Kier molecular flexibility index (Phi) is 5.21. The van der Waals surface area contributed by atoms with E-state index in [-0.39, 0.29) is 55.3 Å². The van der Waals surface area contributed by atoms with Crippen LogP contribution < -0.4 is 5.32 Å². The van der Waals surface area contributed by atoms with Gasteiger partial charge in [-0.1, -0.05) is 0 Å². The molecule has 1 aromatic rings. The minimum atomic E-state index is -3.93. The molecule has 13 heteroatoms. The molecule has 2 saturated heterocycles. The Morgan fingerprint density at radius 2 is 1.31 bits per heavy atom. The second kappa shape index (κ2) is 7.41. The van der Waals surface area contributed by atoms with Crippen LogP contribution in [0.2, 0.25) is 0 Å². The molecule has 0 radical (unpaired) electrons. The van der Waals surface area contributed by atoms with Crippen molar-refractivity contribution < 1.29 is 31.2 Å². The van der Waals surface area contributed by atoms with Gasteiger partial charge in [0.25, 0.3) is 22.0 Å². The lowest BCUT2D eigenvalue weighted by atomic mass is 10.1. The summed E-state index contributed by atoms with van der Waals surface area (Å²) in [6.07, 6.45) is 0. The lowest BCUT2D eigenvalue weighted by Crippen LogP contribution is -2.55. The Bertz CT molecular complexity index is 1060. The number of hydrogen-bond donors (Lipinski definition) is 1. The number of amides is 2. The number of benzene rings is 1. The number of morpholine rings is 1. The van der Waals surface area contributed by atoms with Crippen molar-refractivity contribution in [2.24, 2.45) is 0 Å². The molecule has 0 aliphatic carbocycles. The maximum Gasteiger partial charge on any atom is 0.282 e. The smallest absolute Gasteiger partial charge is 0.282 e. The summed E-state index contributed by atoms with van der Waals surface area (Å²) < 4.78 is 60.3. The van der Waals surface area contributed by atoms with E-state index in [0.29, 0.717) is 13.2 Å². The van der Waals surface area contributed by atoms with Gasteiger partial charge in [-0.3, -0.25) is 14.9 Å². The molecule has 0 spiro atoms. The molecule has 11 nitrogen and oxygen atoms in total. The number of sulfonamides is 1. The predicted molar refractivity (Wildman–Crippen MR) is 99.9 cm³/mol. The van der Waals surface area contributed by atoms with Crippen LogP contribution in [0.1, 0.15) is 20.7 Å². The normalized spacial score (nSPS) is 22.5. The van der Waals surface area contributed by atoms with Gasteiger partial charge in [-0.05, 0) is 18.2 Å². The lowest BCUT2D eigenvalue weighted by Gasteiger charge is -2.37. The van der Waals surface area contributed by atoms with Crippen molar-refractivity contribution in [2.45, 2.75) is 4.90 Å². The summed E-state index contributed by atoms with van der Waals surface area (Å²) in [5.41, 5.74) is 0.153. The van der Waals surface area contributed by atoms with E-state index in [9.17, 15) is 26.4 Å². The second-order valence-corrected chi connectivity index (χ2v) is 10.7. The third-order valence-corrected chi connectivity index (χ3v) is 9.10. The highest BCUT2D eigenvalue weighted by Gasteiger charge is 2.37. The molecule has 1 aromatic carbocycles. The number of rotatable bonds is 4. The van der Waals surface area contributed by atoms with E-state index in [2.05, 4.69) is 5.32 Å². The van der Waals surface area contributed by atoms with Gasteiger partial charge in [0.1, 0.15) is 0 Å². The summed E-state index contributed by atoms with van der Waals surface area (Å²) in [4.78, 5) is 23.3. The molecule has 3 aliphatic rings. The van der Waals surface area contributed by atoms with Gasteiger partial charge in [0.05, 0.1) is 29.2 Å². The summed E-state index contributed by atoms with van der Waals surface area (Å²) in [6, 6.07) is 3.77. The molecule has 1 N–H and O–H groups in total. The van der Waals surface area contributed by atoms with Crippen molar-refractivity contribution in [3.8, 4) is 0 Å². The molecule has 2 amide bonds. The summed E-state index contributed by atoms with van der Waals surface area (Å²) in [6.45, 7) is 1.27. The van der Waals surface area contributed by atoms with Crippen molar-refractivity contribution in [1.82, 2.24) is 18.2 Å². The molecular weight excluding hydrogens is 424 g/mol. The van der Waals surface area contributed by atoms with Crippen LogP contribution in [0.5, 0.6) is 0 Å². The fourth-order valence-electron chi connectivity index (χ4n) is 3.54. The largest absolute Gasteiger partial charge is 0.379 e. The first-order chi connectivity index (χ1) is 13.7. The molecule has 29 heavy (non-hydrogen) atoms. The first-order valence-electron chi connectivity index (χ1n) is 9.04. The van der Waals surface area contributed by atoms with Crippen LogP contribution in [-0.4, -0.2) is 94.0 Å². The Morgan fingerprint density at radius 1 is 0.759 bits per heavy atom. The van der Waals surface area contributed by atoms with E-state index in [1.807, 2.05) is 0 Å². The highest BCUT2D eigenvalue weighted by molar-refractivity contribution is 7.89. The summed E-state index contributed by atoms with van der Waals surface area (Å²) in [5, 5.41) is 2.12. The highest BCUT2D eigenvalue weighted by Crippen LogP contribution is 2.24. The standard InChI is InChI=1S/C16H20N4O7S2/c21-15-13-2-1-12(11-14(13)16(22)17-15)28(23,24)18-3-5-19(6-4-18)29(25,26)20-7-9-27-10-8-20/h1-2,11H,3-10H2,(H,17,21,22). The van der Waals surface area contributed by atoms with Crippen molar-refractivity contribution in [3.63, 3.8) is 0 Å². The summed E-state index contributed by atoms with van der Waals surface area (Å²) in [7, 11) is -7.60. The maximum absolute atomic E-state index is 12.9. The van der Waals surface area contributed by atoms with Gasteiger partial charge in [-0.15, -0.1) is 0 Å². The van der Waals surface area contributed by atoms with Crippen molar-refractivity contribution in [2.75, 3.05) is 52.5 Å². The number of fused-ring (bicyclic) bond motifs is 1. The fraction of sp³-hybridized carbons (Fsp3) is 0.500. The number of hydrogen-bond acceptors (Lipinski definition) is 7. The van der Waals surface area contributed by atoms with Gasteiger partial charge in [0, 0.05) is 39.3 Å². The van der Waals surface area contributed by atoms with Crippen LogP contribution in [-0.2, 0) is 25.0 Å². The number of nitrogens with one attached hydrogen (secondary N) is 1. The van der Waals surface area contributed by atoms with Gasteiger partial charge in [-0.25, -0.2) is 8.42 Å². The lowest BCUT2D eigenvalue weighted by molar-refractivity contribution is 0.0694. The Balaban J connectivity index is 1.49. The number of ether oxygens (including phenoxy) is 1. The maximum atomic E-state index is 12.9. The Labute approximate surface area is 168 Å². The van der Waals surface area contributed by atoms with Crippen molar-refractivity contribution >= 4 is 32.0 Å². The van der Waals surface area contributed by atoms with E-state index < -0.39 is 32.0 Å². The molecule has 0 atom stereocenters. The molecule has 4 rings (SSSR count). The van der Waals surface area contributed by atoms with E-state index in [0.717, 1.165) is 0 Å². The third-order valence-electron chi connectivity index (χ3n) is 5.17. The molecule has 0 saturated carbocycles. The molecule has 0 bridgehead atoms. The van der Waals surface area contributed by atoms with Crippen LogP contribution in [0.25, 0.3) is 0 Å². The predicted octanol–water partition coefficient (Wildman–Crippen LogP) is -1.55. The molecule has 3 aliphatic heterocycles. The number of nitrogens with zero attached hydrogens (tertiary/aromatic N) is 3. The summed E-state index contributed by atoms with van der Waals surface area (Å²) in [5.74, 6) is -1.20. The third kappa shape index (κ3) is 3.58. The van der Waals surface area contributed by atoms with E-state index in [1.165, 1.54) is 31.1 Å². The second-order valence-electron chi connectivity index (χ2n) is 6.81. The van der Waals surface area contributed by atoms with Crippen molar-refractivity contribution in [3.05, 3.63) is 29.3 Å².